The molecule has 0 aromatic heterocycles. The van der Waals surface area contributed by atoms with Gasteiger partial charge >= 0.3 is 0 Å². The maximum absolute atomic E-state index is 3.64. The lowest BCUT2D eigenvalue weighted by atomic mass is 10.1. The van der Waals surface area contributed by atoms with Crippen LogP contribution in [0.1, 0.15) is 52.0 Å². The van der Waals surface area contributed by atoms with Gasteiger partial charge in [-0.3, -0.25) is 0 Å². The first kappa shape index (κ1) is 15.8. The van der Waals surface area contributed by atoms with Crippen LogP contribution >= 0.6 is 15.9 Å². The second kappa shape index (κ2) is 7.46. The Balaban J connectivity index is 2.25. The van der Waals surface area contributed by atoms with Gasteiger partial charge in [-0.15, -0.1) is 0 Å². The molecule has 1 aromatic carbocycles. The van der Waals surface area contributed by atoms with E-state index in [2.05, 4.69) is 65.1 Å². The van der Waals surface area contributed by atoms with E-state index in [0.717, 1.165) is 13.1 Å². The molecule has 0 amide bonds. The Hall–Kier alpha value is -0.540. The smallest absolute Gasteiger partial charge is 0.0428 e. The molecular formula is C17H27BrN2. The van der Waals surface area contributed by atoms with Gasteiger partial charge in [0.1, 0.15) is 0 Å². The van der Waals surface area contributed by atoms with Gasteiger partial charge < -0.3 is 10.2 Å². The van der Waals surface area contributed by atoms with E-state index in [1.54, 1.807) is 0 Å². The zero-order valence-corrected chi connectivity index (χ0v) is 14.5. The Labute approximate surface area is 132 Å². The molecule has 1 heterocycles. The maximum atomic E-state index is 3.64. The molecular weight excluding hydrogens is 312 g/mol. The molecule has 1 saturated heterocycles. The van der Waals surface area contributed by atoms with Crippen LogP contribution in [0, 0.1) is 0 Å². The average Bonchev–Trinajstić information content (AvgIpc) is 2.81. The van der Waals surface area contributed by atoms with Crippen LogP contribution in [0.3, 0.4) is 0 Å². The van der Waals surface area contributed by atoms with Gasteiger partial charge in [-0.05, 0) is 56.8 Å². The zero-order chi connectivity index (χ0) is 14.5. The third-order valence-corrected chi connectivity index (χ3v) is 4.82. The number of rotatable bonds is 6. The van der Waals surface area contributed by atoms with Crippen LogP contribution in [0.2, 0.25) is 0 Å². The fraction of sp³-hybridized carbons (Fsp3) is 0.647. The molecule has 0 bridgehead atoms. The average molecular weight is 339 g/mol. The number of hydrogen-bond acceptors (Lipinski definition) is 2. The van der Waals surface area contributed by atoms with E-state index >= 15 is 0 Å². The Bertz CT molecular complexity index is 433. The first-order valence-electron chi connectivity index (χ1n) is 7.94. The minimum absolute atomic E-state index is 0.652. The van der Waals surface area contributed by atoms with E-state index in [9.17, 15) is 0 Å². The summed E-state index contributed by atoms with van der Waals surface area (Å²) < 4.78 is 1.18. The summed E-state index contributed by atoms with van der Waals surface area (Å²) in [5.74, 6) is 0. The highest BCUT2D eigenvalue weighted by molar-refractivity contribution is 9.10. The summed E-state index contributed by atoms with van der Waals surface area (Å²) in [5.41, 5.74) is 2.84. The number of nitrogens with zero attached hydrogens (tertiary/aromatic N) is 1. The van der Waals surface area contributed by atoms with Gasteiger partial charge in [0.25, 0.3) is 0 Å². The molecule has 0 saturated carbocycles. The molecule has 2 unspecified atom stereocenters. The van der Waals surface area contributed by atoms with Crippen molar-refractivity contribution in [3.05, 3.63) is 28.2 Å². The summed E-state index contributed by atoms with van der Waals surface area (Å²) in [6.07, 6.45) is 5.06. The van der Waals surface area contributed by atoms with Crippen molar-refractivity contribution in [2.24, 2.45) is 0 Å². The molecule has 0 radical (unpaired) electrons. The quantitative estimate of drug-likeness (QED) is 0.755. The molecule has 1 fully saturated rings. The highest BCUT2D eigenvalue weighted by atomic mass is 79.9. The van der Waals surface area contributed by atoms with Crippen molar-refractivity contribution in [1.82, 2.24) is 5.32 Å². The van der Waals surface area contributed by atoms with Crippen molar-refractivity contribution in [3.8, 4) is 0 Å². The number of halogens is 1. The second-order valence-electron chi connectivity index (χ2n) is 5.85. The lowest BCUT2D eigenvalue weighted by Crippen LogP contribution is -2.35. The molecule has 2 rings (SSSR count). The maximum Gasteiger partial charge on any atom is 0.0428 e. The van der Waals surface area contributed by atoms with Crippen LogP contribution in [0.15, 0.2) is 22.7 Å². The van der Waals surface area contributed by atoms with Crippen LogP contribution < -0.4 is 10.2 Å². The van der Waals surface area contributed by atoms with Crippen molar-refractivity contribution in [1.29, 1.82) is 0 Å². The van der Waals surface area contributed by atoms with Gasteiger partial charge in [-0.25, -0.2) is 0 Å². The minimum atomic E-state index is 0.652. The van der Waals surface area contributed by atoms with Crippen molar-refractivity contribution < 1.29 is 0 Å². The van der Waals surface area contributed by atoms with Gasteiger partial charge in [0.15, 0.2) is 0 Å². The van der Waals surface area contributed by atoms with Crippen LogP contribution in [-0.4, -0.2) is 18.6 Å². The van der Waals surface area contributed by atoms with E-state index < -0.39 is 0 Å². The van der Waals surface area contributed by atoms with Gasteiger partial charge in [-0.2, -0.15) is 0 Å². The van der Waals surface area contributed by atoms with Crippen molar-refractivity contribution in [2.75, 3.05) is 11.4 Å². The molecule has 112 valence electrons. The van der Waals surface area contributed by atoms with Crippen LogP contribution in [-0.2, 0) is 6.54 Å². The standard InChI is InChI=1S/C17H27BrN2/c1-4-10-19-12-14-7-8-15(18)11-17(14)20-13(3)6-9-16(20)5-2/h7-8,11,13,16,19H,4-6,9-10,12H2,1-3H3. The Morgan fingerprint density at radius 3 is 2.80 bits per heavy atom. The van der Waals surface area contributed by atoms with Gasteiger partial charge in [-0.1, -0.05) is 35.8 Å². The number of nitrogens with one attached hydrogen (secondary N) is 1. The minimum Gasteiger partial charge on any atom is -0.366 e. The predicted octanol–water partition coefficient (Wildman–Crippen LogP) is 4.72. The monoisotopic (exact) mass is 338 g/mol. The second-order valence-corrected chi connectivity index (χ2v) is 6.76. The SMILES string of the molecule is CCCNCc1ccc(Br)cc1N1C(C)CCC1CC. The molecule has 20 heavy (non-hydrogen) atoms. The molecule has 2 atom stereocenters. The van der Waals surface area contributed by atoms with E-state index in [1.807, 2.05) is 0 Å². The molecule has 1 N–H and O–H groups in total. The molecule has 1 aromatic rings. The normalized spacial score (nSPS) is 22.5. The summed E-state index contributed by atoms with van der Waals surface area (Å²) in [4.78, 5) is 2.65. The van der Waals surface area contributed by atoms with Crippen molar-refractivity contribution >= 4 is 21.6 Å². The highest BCUT2D eigenvalue weighted by Crippen LogP contribution is 2.35. The van der Waals surface area contributed by atoms with Crippen molar-refractivity contribution in [2.45, 2.75) is 65.1 Å². The summed E-state index contributed by atoms with van der Waals surface area (Å²) >= 11 is 3.64. The largest absolute Gasteiger partial charge is 0.366 e. The number of hydrogen-bond donors (Lipinski definition) is 1. The molecule has 1 aliphatic rings. The van der Waals surface area contributed by atoms with Crippen LogP contribution in [0.5, 0.6) is 0 Å². The fourth-order valence-corrected chi connectivity index (χ4v) is 3.58. The Morgan fingerprint density at radius 1 is 1.30 bits per heavy atom. The zero-order valence-electron chi connectivity index (χ0n) is 13.0. The third-order valence-electron chi connectivity index (χ3n) is 4.32. The topological polar surface area (TPSA) is 15.3 Å². The predicted molar refractivity (Wildman–Crippen MR) is 91.4 cm³/mol. The summed E-state index contributed by atoms with van der Waals surface area (Å²) in [5, 5.41) is 3.54. The van der Waals surface area contributed by atoms with Crippen molar-refractivity contribution in [3.63, 3.8) is 0 Å². The van der Waals surface area contributed by atoms with E-state index in [1.165, 1.54) is 41.4 Å². The van der Waals surface area contributed by atoms with E-state index in [-0.39, 0.29) is 0 Å². The molecule has 3 heteroatoms. The highest BCUT2D eigenvalue weighted by Gasteiger charge is 2.30. The molecule has 1 aliphatic heterocycles. The van der Waals surface area contributed by atoms with Gasteiger partial charge in [0.2, 0.25) is 0 Å². The third kappa shape index (κ3) is 3.56. The molecule has 0 spiro atoms. The summed E-state index contributed by atoms with van der Waals surface area (Å²) in [6.45, 7) is 8.94. The van der Waals surface area contributed by atoms with Crippen LogP contribution in [0.4, 0.5) is 5.69 Å². The first-order valence-corrected chi connectivity index (χ1v) is 8.74. The van der Waals surface area contributed by atoms with E-state index in [4.69, 9.17) is 0 Å². The van der Waals surface area contributed by atoms with Gasteiger partial charge in [0, 0.05) is 28.8 Å². The molecule has 2 nitrogen and oxygen atoms in total. The van der Waals surface area contributed by atoms with Gasteiger partial charge in [0.05, 0.1) is 0 Å². The Kier molecular flexibility index (Phi) is 5.91. The molecule has 0 aliphatic carbocycles. The number of anilines is 1. The summed E-state index contributed by atoms with van der Waals surface area (Å²) in [6, 6.07) is 8.07. The lowest BCUT2D eigenvalue weighted by molar-refractivity contribution is 0.618. The fourth-order valence-electron chi connectivity index (χ4n) is 3.23. The van der Waals surface area contributed by atoms with Crippen LogP contribution in [0.25, 0.3) is 0 Å². The first-order chi connectivity index (χ1) is 9.67. The Morgan fingerprint density at radius 2 is 2.10 bits per heavy atom. The summed E-state index contributed by atoms with van der Waals surface area (Å²) in [7, 11) is 0. The lowest BCUT2D eigenvalue weighted by Gasteiger charge is -2.32. The van der Waals surface area contributed by atoms with E-state index in [0.29, 0.717) is 12.1 Å². The number of benzene rings is 1.